The Hall–Kier alpha value is -0.610. The topological polar surface area (TPSA) is 41.5 Å². The quantitative estimate of drug-likeness (QED) is 0.771. The predicted octanol–water partition coefficient (Wildman–Crippen LogP) is 3.02. The maximum absolute atomic E-state index is 9.79. The van der Waals surface area contributed by atoms with Gasteiger partial charge in [-0.05, 0) is 30.5 Å². The average Bonchev–Trinajstić information content (AvgIpc) is 2.36. The predicted molar refractivity (Wildman–Crippen MR) is 79.5 cm³/mol. The van der Waals surface area contributed by atoms with Gasteiger partial charge in [0.15, 0.2) is 0 Å². The molecule has 0 heterocycles. The molecular formula is C15H24ClNO2. The summed E-state index contributed by atoms with van der Waals surface area (Å²) in [5.41, 5.74) is 1.15. The standard InChI is InChI=1S/C15H24ClNO2/c1-11(2)9-19-10-15(18)8-17-12(3)13-4-6-14(16)7-5-13/h4-7,11-12,15,17-18H,8-10H2,1-3H3/t12-,15?/m0/s1. The Kier molecular flexibility index (Phi) is 7.39. The third-order valence-corrected chi connectivity index (χ3v) is 3.04. The smallest absolute Gasteiger partial charge is 0.0897 e. The van der Waals surface area contributed by atoms with Crippen LogP contribution in [0.15, 0.2) is 24.3 Å². The molecule has 1 aromatic rings. The zero-order chi connectivity index (χ0) is 14.3. The Balaban J connectivity index is 2.25. The van der Waals surface area contributed by atoms with Gasteiger partial charge < -0.3 is 15.2 Å². The zero-order valence-corrected chi connectivity index (χ0v) is 12.7. The van der Waals surface area contributed by atoms with E-state index >= 15 is 0 Å². The minimum absolute atomic E-state index is 0.178. The summed E-state index contributed by atoms with van der Waals surface area (Å²) in [6.07, 6.45) is -0.478. The second-order valence-electron chi connectivity index (χ2n) is 5.27. The Labute approximate surface area is 120 Å². The van der Waals surface area contributed by atoms with Crippen molar-refractivity contribution in [3.05, 3.63) is 34.9 Å². The number of halogens is 1. The van der Waals surface area contributed by atoms with Gasteiger partial charge in [0.1, 0.15) is 0 Å². The number of ether oxygens (including phenoxy) is 1. The highest BCUT2D eigenvalue weighted by Crippen LogP contribution is 2.15. The Morgan fingerprint density at radius 2 is 1.79 bits per heavy atom. The molecule has 0 aliphatic heterocycles. The van der Waals surface area contributed by atoms with E-state index < -0.39 is 6.10 Å². The van der Waals surface area contributed by atoms with E-state index in [0.29, 0.717) is 25.7 Å². The number of aliphatic hydroxyl groups excluding tert-OH is 1. The molecule has 0 spiro atoms. The number of hydrogen-bond donors (Lipinski definition) is 2. The van der Waals surface area contributed by atoms with Crippen molar-refractivity contribution in [1.29, 1.82) is 0 Å². The van der Waals surface area contributed by atoms with Crippen molar-refractivity contribution >= 4 is 11.6 Å². The van der Waals surface area contributed by atoms with Gasteiger partial charge in [-0.2, -0.15) is 0 Å². The molecular weight excluding hydrogens is 262 g/mol. The number of aliphatic hydroxyl groups is 1. The minimum atomic E-state index is -0.478. The first kappa shape index (κ1) is 16.4. The molecule has 0 fully saturated rings. The normalized spacial score (nSPS) is 14.6. The molecule has 0 amide bonds. The van der Waals surface area contributed by atoms with Crippen molar-refractivity contribution < 1.29 is 9.84 Å². The molecule has 0 saturated heterocycles. The van der Waals surface area contributed by atoms with Crippen LogP contribution in [0.5, 0.6) is 0 Å². The summed E-state index contributed by atoms with van der Waals surface area (Å²) in [5.74, 6) is 0.494. The van der Waals surface area contributed by atoms with E-state index in [4.69, 9.17) is 16.3 Å². The summed E-state index contributed by atoms with van der Waals surface area (Å²) < 4.78 is 5.40. The van der Waals surface area contributed by atoms with E-state index in [1.165, 1.54) is 0 Å². The molecule has 2 atom stereocenters. The fourth-order valence-electron chi connectivity index (χ4n) is 1.68. The first-order valence-electron chi connectivity index (χ1n) is 6.73. The second-order valence-corrected chi connectivity index (χ2v) is 5.70. The van der Waals surface area contributed by atoms with Crippen LogP contribution in [0.25, 0.3) is 0 Å². The third kappa shape index (κ3) is 6.92. The van der Waals surface area contributed by atoms with Crippen LogP contribution in [0.3, 0.4) is 0 Å². The molecule has 0 aliphatic rings. The molecule has 0 aromatic heterocycles. The highest BCUT2D eigenvalue weighted by molar-refractivity contribution is 6.30. The van der Waals surface area contributed by atoms with Gasteiger partial charge in [-0.15, -0.1) is 0 Å². The fraction of sp³-hybridized carbons (Fsp3) is 0.600. The molecule has 0 saturated carbocycles. The lowest BCUT2D eigenvalue weighted by atomic mass is 10.1. The SMILES string of the molecule is CC(C)COCC(O)CN[C@@H](C)c1ccc(Cl)cc1. The van der Waals surface area contributed by atoms with Gasteiger partial charge in [-0.25, -0.2) is 0 Å². The summed E-state index contributed by atoms with van der Waals surface area (Å²) in [5, 5.41) is 13.8. The molecule has 0 bridgehead atoms. The Bertz CT molecular complexity index is 354. The molecule has 0 aliphatic carbocycles. The molecule has 1 rings (SSSR count). The highest BCUT2D eigenvalue weighted by atomic mass is 35.5. The van der Waals surface area contributed by atoms with Crippen LogP contribution in [0, 0.1) is 5.92 Å². The van der Waals surface area contributed by atoms with Crippen LogP contribution in [0.4, 0.5) is 0 Å². The van der Waals surface area contributed by atoms with Crippen molar-refractivity contribution in [3.63, 3.8) is 0 Å². The third-order valence-electron chi connectivity index (χ3n) is 2.79. The highest BCUT2D eigenvalue weighted by Gasteiger charge is 2.09. The molecule has 4 heteroatoms. The summed E-state index contributed by atoms with van der Waals surface area (Å²) >= 11 is 5.85. The molecule has 19 heavy (non-hydrogen) atoms. The molecule has 2 N–H and O–H groups in total. The van der Waals surface area contributed by atoms with Crippen LogP contribution < -0.4 is 5.32 Å². The summed E-state index contributed by atoms with van der Waals surface area (Å²) in [6.45, 7) is 7.82. The van der Waals surface area contributed by atoms with Gasteiger partial charge in [-0.3, -0.25) is 0 Å². The van der Waals surface area contributed by atoms with Gasteiger partial charge in [0, 0.05) is 24.2 Å². The first-order chi connectivity index (χ1) is 8.99. The maximum atomic E-state index is 9.79. The van der Waals surface area contributed by atoms with E-state index in [1.807, 2.05) is 24.3 Å². The van der Waals surface area contributed by atoms with Crippen molar-refractivity contribution in [2.75, 3.05) is 19.8 Å². The first-order valence-corrected chi connectivity index (χ1v) is 7.11. The van der Waals surface area contributed by atoms with Gasteiger partial charge >= 0.3 is 0 Å². The molecule has 108 valence electrons. The number of nitrogens with one attached hydrogen (secondary N) is 1. The monoisotopic (exact) mass is 285 g/mol. The Morgan fingerprint density at radius 3 is 2.37 bits per heavy atom. The minimum Gasteiger partial charge on any atom is -0.389 e. The number of benzene rings is 1. The van der Waals surface area contributed by atoms with E-state index in [-0.39, 0.29) is 6.04 Å². The van der Waals surface area contributed by atoms with Crippen LogP contribution in [0.1, 0.15) is 32.4 Å². The van der Waals surface area contributed by atoms with E-state index in [1.54, 1.807) is 0 Å². The molecule has 0 radical (unpaired) electrons. The largest absolute Gasteiger partial charge is 0.389 e. The van der Waals surface area contributed by atoms with Crippen molar-refractivity contribution in [2.45, 2.75) is 32.9 Å². The lowest BCUT2D eigenvalue weighted by Crippen LogP contribution is -2.32. The molecule has 1 aromatic carbocycles. The number of hydrogen-bond acceptors (Lipinski definition) is 3. The van der Waals surface area contributed by atoms with Gasteiger partial charge in [0.05, 0.1) is 12.7 Å². The second kappa shape index (κ2) is 8.54. The fourth-order valence-corrected chi connectivity index (χ4v) is 1.81. The van der Waals surface area contributed by atoms with Crippen LogP contribution in [0.2, 0.25) is 5.02 Å². The lowest BCUT2D eigenvalue weighted by Gasteiger charge is -2.18. The van der Waals surface area contributed by atoms with E-state index in [0.717, 1.165) is 10.6 Å². The van der Waals surface area contributed by atoms with Gasteiger partial charge in [-0.1, -0.05) is 37.6 Å². The van der Waals surface area contributed by atoms with Crippen LogP contribution in [-0.4, -0.2) is 31.0 Å². The Morgan fingerprint density at radius 1 is 1.16 bits per heavy atom. The maximum Gasteiger partial charge on any atom is 0.0897 e. The number of rotatable bonds is 8. The van der Waals surface area contributed by atoms with Gasteiger partial charge in [0.2, 0.25) is 0 Å². The summed E-state index contributed by atoms with van der Waals surface area (Å²) in [6, 6.07) is 7.90. The summed E-state index contributed by atoms with van der Waals surface area (Å²) in [7, 11) is 0. The zero-order valence-electron chi connectivity index (χ0n) is 11.9. The van der Waals surface area contributed by atoms with Gasteiger partial charge in [0.25, 0.3) is 0 Å². The van der Waals surface area contributed by atoms with Crippen molar-refractivity contribution in [2.24, 2.45) is 5.92 Å². The van der Waals surface area contributed by atoms with E-state index in [9.17, 15) is 5.11 Å². The average molecular weight is 286 g/mol. The lowest BCUT2D eigenvalue weighted by molar-refractivity contribution is 0.0252. The van der Waals surface area contributed by atoms with Crippen molar-refractivity contribution in [3.8, 4) is 0 Å². The van der Waals surface area contributed by atoms with Crippen LogP contribution >= 0.6 is 11.6 Å². The summed E-state index contributed by atoms with van der Waals surface area (Å²) in [4.78, 5) is 0. The van der Waals surface area contributed by atoms with Crippen molar-refractivity contribution in [1.82, 2.24) is 5.32 Å². The molecule has 3 nitrogen and oxygen atoms in total. The van der Waals surface area contributed by atoms with E-state index in [2.05, 4.69) is 26.1 Å². The van der Waals surface area contributed by atoms with Crippen LogP contribution in [-0.2, 0) is 4.74 Å². The molecule has 1 unspecified atom stereocenters.